The van der Waals surface area contributed by atoms with Gasteiger partial charge in [-0.1, -0.05) is 260 Å². The van der Waals surface area contributed by atoms with E-state index in [0.29, 0.717) is 25.7 Å². The highest BCUT2D eigenvalue weighted by atomic mass is 31.2. The molecule has 0 radical (unpaired) electrons. The Morgan fingerprint density at radius 2 is 0.490 bits per heavy atom. The SMILES string of the molecule is CCCCC/C=C\C/C=C/CCCCCCCC(=O)O[C@H](COC(=O)CCCCCCC/C=C/C/C=C/CCCCC)COP(=O)(O)OC[C@@H](O)COP(=O)(O)OC[C@@H](COC(=O)CCCCCCC/C=C/C/C=C/CCCCC)OC(=O)CCCCCCCCCC/C=C/CCCCC. The van der Waals surface area contributed by atoms with Crippen molar-refractivity contribution in [3.05, 3.63) is 85.1 Å². The van der Waals surface area contributed by atoms with Gasteiger partial charge in [-0.2, -0.15) is 0 Å². The molecule has 580 valence electrons. The zero-order valence-electron chi connectivity index (χ0n) is 63.4. The summed E-state index contributed by atoms with van der Waals surface area (Å²) in [5, 5.41) is 10.6. The van der Waals surface area contributed by atoms with Crippen LogP contribution in [0.1, 0.15) is 349 Å². The molecule has 3 N–H and O–H groups in total. The van der Waals surface area contributed by atoms with Crippen LogP contribution in [-0.2, 0) is 65.4 Å². The van der Waals surface area contributed by atoms with Gasteiger partial charge < -0.3 is 33.8 Å². The minimum Gasteiger partial charge on any atom is -0.462 e. The molecule has 5 atom stereocenters. The number of allylic oxidation sites excluding steroid dienone is 14. The maximum Gasteiger partial charge on any atom is 0.472 e. The van der Waals surface area contributed by atoms with Crippen molar-refractivity contribution in [3.63, 3.8) is 0 Å². The lowest BCUT2D eigenvalue weighted by atomic mass is 10.1. The Labute approximate surface area is 608 Å². The van der Waals surface area contributed by atoms with E-state index < -0.39 is 97.5 Å². The predicted octanol–water partition coefficient (Wildman–Crippen LogP) is 23.0. The van der Waals surface area contributed by atoms with E-state index in [9.17, 15) is 43.2 Å². The van der Waals surface area contributed by atoms with E-state index in [-0.39, 0.29) is 25.7 Å². The van der Waals surface area contributed by atoms with Gasteiger partial charge in [0, 0.05) is 25.7 Å². The Balaban J connectivity index is 5.38. The first kappa shape index (κ1) is 96.2. The van der Waals surface area contributed by atoms with Gasteiger partial charge in [-0.3, -0.25) is 37.3 Å². The van der Waals surface area contributed by atoms with Gasteiger partial charge in [-0.05, 0) is 148 Å². The van der Waals surface area contributed by atoms with Gasteiger partial charge in [0.2, 0.25) is 0 Å². The van der Waals surface area contributed by atoms with Gasteiger partial charge in [0.15, 0.2) is 12.2 Å². The second kappa shape index (κ2) is 73.5. The molecule has 0 aromatic carbocycles. The third-order valence-electron chi connectivity index (χ3n) is 16.8. The molecule has 0 aliphatic heterocycles. The Bertz CT molecular complexity index is 2230. The van der Waals surface area contributed by atoms with Crippen LogP contribution in [0, 0.1) is 0 Å². The van der Waals surface area contributed by atoms with Crippen LogP contribution in [-0.4, -0.2) is 96.7 Å². The summed E-state index contributed by atoms with van der Waals surface area (Å²) in [5.74, 6) is -2.20. The van der Waals surface area contributed by atoms with Gasteiger partial charge in [0.05, 0.1) is 26.4 Å². The molecule has 0 rings (SSSR count). The molecule has 0 saturated heterocycles. The van der Waals surface area contributed by atoms with Crippen molar-refractivity contribution in [1.82, 2.24) is 0 Å². The normalized spacial score (nSPS) is 14.3. The summed E-state index contributed by atoms with van der Waals surface area (Å²) in [4.78, 5) is 73.0. The standard InChI is InChI=1S/C81H144O17P2/c1-5-9-13-17-21-25-29-33-37-41-45-49-53-57-61-65-78(83)91-71-76(97-80(85)67-63-59-55-51-47-43-39-35-31-27-23-19-15-11-7-3)73-95-99(87,88)93-69-75(82)70-94-100(89,90)96-74-77(98-81(86)68-64-60-56-52-48-44-40-36-32-28-24-20-16-12-8-4)72-92-79(84)66-62-58-54-50-46-42-38-34-30-26-22-18-14-10-6-2/h21-28,33-35,37-39,75-77,82H,5-20,29-32,36,40-74H2,1-4H3,(H,87,88)(H,89,90)/b25-21+,26-22+,27-23-,28-24+,37-33+,38-34+,39-35+/t75-,76-,77-/m1/s1. The molecule has 2 unspecified atom stereocenters. The molecule has 0 spiro atoms. The summed E-state index contributed by atoms with van der Waals surface area (Å²) in [5.41, 5.74) is 0. The first-order chi connectivity index (χ1) is 48.7. The lowest BCUT2D eigenvalue weighted by Gasteiger charge is -2.21. The Kier molecular flexibility index (Phi) is 70.8. The molecular weight excluding hydrogens is 1310 g/mol. The zero-order valence-corrected chi connectivity index (χ0v) is 65.2. The summed E-state index contributed by atoms with van der Waals surface area (Å²) >= 11 is 0. The van der Waals surface area contributed by atoms with Crippen LogP contribution < -0.4 is 0 Å². The second-order valence-electron chi connectivity index (χ2n) is 26.6. The van der Waals surface area contributed by atoms with Gasteiger partial charge in [0.1, 0.15) is 19.3 Å². The topological polar surface area (TPSA) is 237 Å². The summed E-state index contributed by atoms with van der Waals surface area (Å²) in [7, 11) is -9.96. The van der Waals surface area contributed by atoms with Crippen LogP contribution in [0.3, 0.4) is 0 Å². The van der Waals surface area contributed by atoms with Crippen LogP contribution in [0.25, 0.3) is 0 Å². The average Bonchev–Trinajstić information content (AvgIpc) is 1.25. The molecule has 0 aliphatic carbocycles. The number of phosphoric ester groups is 2. The maximum atomic E-state index is 13.1. The van der Waals surface area contributed by atoms with Crippen LogP contribution in [0.5, 0.6) is 0 Å². The lowest BCUT2D eigenvalue weighted by molar-refractivity contribution is -0.161. The quantitative estimate of drug-likeness (QED) is 0.0169. The number of aliphatic hydroxyl groups excluding tert-OH is 1. The minimum absolute atomic E-state index is 0.0771. The fraction of sp³-hybridized carbons (Fsp3) is 0.778. The molecule has 0 amide bonds. The number of carbonyl (C=O) groups is 4. The fourth-order valence-corrected chi connectivity index (χ4v) is 12.2. The van der Waals surface area contributed by atoms with E-state index >= 15 is 0 Å². The summed E-state index contributed by atoms with van der Waals surface area (Å²) in [6.07, 6.45) is 75.5. The van der Waals surface area contributed by atoms with E-state index in [2.05, 4.69) is 113 Å². The van der Waals surface area contributed by atoms with Gasteiger partial charge in [-0.25, -0.2) is 9.13 Å². The highest BCUT2D eigenvalue weighted by Gasteiger charge is 2.30. The first-order valence-electron chi connectivity index (χ1n) is 39.8. The Morgan fingerprint density at radius 3 is 0.750 bits per heavy atom. The predicted molar refractivity (Wildman–Crippen MR) is 409 cm³/mol. The van der Waals surface area contributed by atoms with Crippen molar-refractivity contribution in [1.29, 1.82) is 0 Å². The third kappa shape index (κ3) is 72.6. The fourth-order valence-electron chi connectivity index (χ4n) is 10.7. The molecule has 19 heteroatoms. The number of unbranched alkanes of at least 4 members (excludes halogenated alkanes) is 35. The molecule has 0 heterocycles. The molecule has 0 fully saturated rings. The largest absolute Gasteiger partial charge is 0.472 e. The van der Waals surface area contributed by atoms with Crippen molar-refractivity contribution in [2.75, 3.05) is 39.6 Å². The van der Waals surface area contributed by atoms with E-state index in [1.807, 2.05) is 0 Å². The number of ether oxygens (including phenoxy) is 4. The molecule has 0 saturated carbocycles. The molecular formula is C81H144O17P2. The number of hydrogen-bond donors (Lipinski definition) is 3. The highest BCUT2D eigenvalue weighted by molar-refractivity contribution is 7.47. The summed E-state index contributed by atoms with van der Waals surface area (Å²) in [6.45, 7) is 4.77. The van der Waals surface area contributed by atoms with Crippen LogP contribution in [0.2, 0.25) is 0 Å². The summed E-state index contributed by atoms with van der Waals surface area (Å²) < 4.78 is 68.6. The maximum absolute atomic E-state index is 13.1. The smallest absolute Gasteiger partial charge is 0.462 e. The van der Waals surface area contributed by atoms with Gasteiger partial charge in [0.25, 0.3) is 0 Å². The number of rotatable bonds is 75. The van der Waals surface area contributed by atoms with Crippen LogP contribution in [0.4, 0.5) is 0 Å². The molecule has 0 aliphatic rings. The van der Waals surface area contributed by atoms with Crippen LogP contribution >= 0.6 is 15.6 Å². The van der Waals surface area contributed by atoms with E-state index in [4.69, 9.17) is 37.0 Å². The Hall–Kier alpha value is -3.76. The first-order valence-corrected chi connectivity index (χ1v) is 42.8. The molecule has 0 aromatic rings. The molecule has 0 aromatic heterocycles. The Morgan fingerprint density at radius 1 is 0.280 bits per heavy atom. The van der Waals surface area contributed by atoms with E-state index in [0.717, 1.165) is 173 Å². The minimum atomic E-state index is -4.98. The van der Waals surface area contributed by atoms with Crippen molar-refractivity contribution in [3.8, 4) is 0 Å². The lowest BCUT2D eigenvalue weighted by Crippen LogP contribution is -2.30. The molecule has 0 bridgehead atoms. The van der Waals surface area contributed by atoms with Gasteiger partial charge in [-0.15, -0.1) is 0 Å². The number of aliphatic hydroxyl groups is 1. The summed E-state index contributed by atoms with van der Waals surface area (Å²) in [6, 6.07) is 0. The number of carbonyl (C=O) groups excluding carboxylic acids is 4. The van der Waals surface area contributed by atoms with Crippen molar-refractivity contribution >= 4 is 39.5 Å². The molecule has 100 heavy (non-hydrogen) atoms. The van der Waals surface area contributed by atoms with Crippen LogP contribution in [0.15, 0.2) is 85.1 Å². The number of phosphoric acid groups is 2. The van der Waals surface area contributed by atoms with E-state index in [1.165, 1.54) is 96.3 Å². The van der Waals surface area contributed by atoms with Gasteiger partial charge >= 0.3 is 39.5 Å². The highest BCUT2D eigenvalue weighted by Crippen LogP contribution is 2.45. The average molecular weight is 1450 g/mol. The van der Waals surface area contributed by atoms with Crippen molar-refractivity contribution in [2.45, 2.75) is 367 Å². The zero-order chi connectivity index (χ0) is 73.2. The molecule has 17 nitrogen and oxygen atoms in total. The number of esters is 4. The second-order valence-corrected chi connectivity index (χ2v) is 29.5. The third-order valence-corrected chi connectivity index (χ3v) is 18.7. The van der Waals surface area contributed by atoms with Crippen molar-refractivity contribution in [2.24, 2.45) is 0 Å². The number of hydrogen-bond acceptors (Lipinski definition) is 15. The van der Waals surface area contributed by atoms with Crippen molar-refractivity contribution < 1.29 is 80.2 Å². The monoisotopic (exact) mass is 1450 g/mol. The van der Waals surface area contributed by atoms with E-state index in [1.54, 1.807) is 0 Å².